The molecule has 1 N–H and O–H groups in total. The molecule has 1 aromatic carbocycles. The van der Waals surface area contributed by atoms with Crippen LogP contribution in [0.1, 0.15) is 30.7 Å². The third-order valence-corrected chi connectivity index (χ3v) is 4.21. The van der Waals surface area contributed by atoms with Crippen LogP contribution in [0.5, 0.6) is 0 Å². The molecular formula is C18H20N2O2. The number of benzene rings is 1. The van der Waals surface area contributed by atoms with Crippen LogP contribution in [0.2, 0.25) is 0 Å². The summed E-state index contributed by atoms with van der Waals surface area (Å²) in [6, 6.07) is 11.8. The molecule has 0 saturated heterocycles. The molecular weight excluding hydrogens is 276 g/mol. The number of H-pyrrole nitrogens is 1. The lowest BCUT2D eigenvalue weighted by Gasteiger charge is -2.23. The Labute approximate surface area is 129 Å². The van der Waals surface area contributed by atoms with Crippen LogP contribution in [0.4, 0.5) is 0 Å². The van der Waals surface area contributed by atoms with Crippen LogP contribution in [-0.4, -0.2) is 22.8 Å². The quantitative estimate of drug-likeness (QED) is 0.776. The Morgan fingerprint density at radius 3 is 2.86 bits per heavy atom. The van der Waals surface area contributed by atoms with Crippen molar-refractivity contribution in [2.24, 2.45) is 0 Å². The van der Waals surface area contributed by atoms with Gasteiger partial charge in [-0.25, -0.2) is 0 Å². The molecule has 4 nitrogen and oxygen atoms in total. The maximum Gasteiger partial charge on any atom is 0.223 e. The number of nitrogens with one attached hydrogen (secondary N) is 1. The molecule has 0 aliphatic rings. The van der Waals surface area contributed by atoms with Gasteiger partial charge in [0.2, 0.25) is 5.91 Å². The predicted octanol–water partition coefficient (Wildman–Crippen LogP) is 3.91. The topological polar surface area (TPSA) is 49.2 Å². The molecule has 0 bridgehead atoms. The monoisotopic (exact) mass is 296 g/mol. The number of hydrogen-bond donors (Lipinski definition) is 1. The summed E-state index contributed by atoms with van der Waals surface area (Å²) >= 11 is 0. The molecule has 0 spiro atoms. The third kappa shape index (κ3) is 2.77. The smallest absolute Gasteiger partial charge is 0.223 e. The number of amides is 1. The Morgan fingerprint density at radius 1 is 1.27 bits per heavy atom. The summed E-state index contributed by atoms with van der Waals surface area (Å²) in [7, 11) is 1.82. The number of aromatic nitrogens is 1. The molecule has 0 aliphatic heterocycles. The highest BCUT2D eigenvalue weighted by Gasteiger charge is 2.19. The first-order valence-corrected chi connectivity index (χ1v) is 7.51. The molecule has 4 heteroatoms. The van der Waals surface area contributed by atoms with E-state index in [0.717, 1.165) is 17.7 Å². The summed E-state index contributed by atoms with van der Waals surface area (Å²) in [6.45, 7) is 1.97. The van der Waals surface area contributed by atoms with Crippen molar-refractivity contribution in [2.75, 3.05) is 7.05 Å². The number of aromatic amines is 1. The summed E-state index contributed by atoms with van der Waals surface area (Å²) in [5.41, 5.74) is 2.30. The molecule has 0 fully saturated rings. The maximum atomic E-state index is 12.4. The van der Waals surface area contributed by atoms with Crippen molar-refractivity contribution in [3.8, 4) is 0 Å². The second kappa shape index (κ2) is 6.10. The molecule has 2 heterocycles. The lowest BCUT2D eigenvalue weighted by Crippen LogP contribution is -2.29. The Morgan fingerprint density at radius 2 is 2.09 bits per heavy atom. The van der Waals surface area contributed by atoms with Crippen LogP contribution in [0, 0.1) is 0 Å². The van der Waals surface area contributed by atoms with E-state index in [-0.39, 0.29) is 11.9 Å². The zero-order valence-corrected chi connectivity index (χ0v) is 12.9. The highest BCUT2D eigenvalue weighted by atomic mass is 16.3. The summed E-state index contributed by atoms with van der Waals surface area (Å²) in [5.74, 6) is 0.928. The number of furan rings is 1. The standard InChI is InChI=1S/C18H20N2O2/c1-13(17-8-5-11-22-17)20(2)18(21)10-9-14-12-19-16-7-4-3-6-15(14)16/h3-8,11-13,19H,9-10H2,1-2H3. The number of carbonyl (C=O) groups is 1. The van der Waals surface area contributed by atoms with E-state index in [0.29, 0.717) is 6.42 Å². The van der Waals surface area contributed by atoms with Crippen LogP contribution in [0.3, 0.4) is 0 Å². The van der Waals surface area contributed by atoms with Crippen LogP contribution in [0.25, 0.3) is 10.9 Å². The molecule has 0 aliphatic carbocycles. The molecule has 0 saturated carbocycles. The fourth-order valence-corrected chi connectivity index (χ4v) is 2.69. The maximum absolute atomic E-state index is 12.4. The van der Waals surface area contributed by atoms with Crippen molar-refractivity contribution >= 4 is 16.8 Å². The van der Waals surface area contributed by atoms with E-state index in [4.69, 9.17) is 4.42 Å². The van der Waals surface area contributed by atoms with Gasteiger partial charge in [0, 0.05) is 30.6 Å². The third-order valence-electron chi connectivity index (χ3n) is 4.21. The van der Waals surface area contributed by atoms with Gasteiger partial charge in [0.25, 0.3) is 0 Å². The Hall–Kier alpha value is -2.49. The molecule has 114 valence electrons. The predicted molar refractivity (Wildman–Crippen MR) is 86.5 cm³/mol. The van der Waals surface area contributed by atoms with E-state index in [9.17, 15) is 4.79 Å². The van der Waals surface area contributed by atoms with E-state index in [1.807, 2.05) is 50.5 Å². The van der Waals surface area contributed by atoms with Crippen LogP contribution >= 0.6 is 0 Å². The van der Waals surface area contributed by atoms with Gasteiger partial charge in [-0.1, -0.05) is 18.2 Å². The van der Waals surface area contributed by atoms with Gasteiger partial charge in [-0.2, -0.15) is 0 Å². The molecule has 1 atom stereocenters. The van der Waals surface area contributed by atoms with E-state index in [1.54, 1.807) is 11.2 Å². The van der Waals surface area contributed by atoms with E-state index in [1.165, 1.54) is 10.9 Å². The molecule has 3 rings (SSSR count). The largest absolute Gasteiger partial charge is 0.467 e. The van der Waals surface area contributed by atoms with Crippen molar-refractivity contribution in [3.05, 3.63) is 60.2 Å². The van der Waals surface area contributed by atoms with Gasteiger partial charge < -0.3 is 14.3 Å². The SMILES string of the molecule is CC(c1ccco1)N(C)C(=O)CCc1c[nH]c2ccccc12. The highest BCUT2D eigenvalue weighted by Crippen LogP contribution is 2.22. The van der Waals surface area contributed by atoms with Gasteiger partial charge in [0.1, 0.15) is 5.76 Å². The van der Waals surface area contributed by atoms with Crippen LogP contribution < -0.4 is 0 Å². The highest BCUT2D eigenvalue weighted by molar-refractivity contribution is 5.84. The molecule has 2 aromatic heterocycles. The summed E-state index contributed by atoms with van der Waals surface area (Å²) in [6.07, 6.45) is 4.85. The Bertz CT molecular complexity index is 758. The van der Waals surface area contributed by atoms with Gasteiger partial charge >= 0.3 is 0 Å². The lowest BCUT2D eigenvalue weighted by atomic mass is 10.1. The van der Waals surface area contributed by atoms with Crippen molar-refractivity contribution in [2.45, 2.75) is 25.8 Å². The van der Waals surface area contributed by atoms with Crippen molar-refractivity contribution in [3.63, 3.8) is 0 Å². The van der Waals surface area contributed by atoms with Crippen LogP contribution in [-0.2, 0) is 11.2 Å². The fraction of sp³-hybridized carbons (Fsp3) is 0.278. The molecule has 1 amide bonds. The summed E-state index contributed by atoms with van der Waals surface area (Å²) in [5, 5.41) is 1.19. The fourth-order valence-electron chi connectivity index (χ4n) is 2.69. The Balaban J connectivity index is 1.64. The second-order valence-electron chi connectivity index (χ2n) is 5.56. The van der Waals surface area contributed by atoms with Crippen LogP contribution in [0.15, 0.2) is 53.3 Å². The molecule has 3 aromatic rings. The minimum Gasteiger partial charge on any atom is -0.467 e. The van der Waals surface area contributed by atoms with Crippen molar-refractivity contribution in [1.29, 1.82) is 0 Å². The first kappa shape index (κ1) is 14.4. The first-order chi connectivity index (χ1) is 10.7. The normalized spacial score (nSPS) is 12.5. The summed E-state index contributed by atoms with van der Waals surface area (Å²) in [4.78, 5) is 17.4. The lowest BCUT2D eigenvalue weighted by molar-refractivity contribution is -0.132. The zero-order valence-electron chi connectivity index (χ0n) is 12.9. The minimum atomic E-state index is -0.0505. The molecule has 22 heavy (non-hydrogen) atoms. The average molecular weight is 296 g/mol. The van der Waals surface area contributed by atoms with E-state index in [2.05, 4.69) is 11.1 Å². The Kier molecular flexibility index (Phi) is 4.00. The molecule has 0 radical (unpaired) electrons. The number of para-hydroxylation sites is 1. The average Bonchev–Trinajstić information content (AvgIpc) is 3.21. The number of aryl methyl sites for hydroxylation is 1. The van der Waals surface area contributed by atoms with Gasteiger partial charge in [0.05, 0.1) is 12.3 Å². The van der Waals surface area contributed by atoms with E-state index < -0.39 is 0 Å². The van der Waals surface area contributed by atoms with Crippen molar-refractivity contribution < 1.29 is 9.21 Å². The van der Waals surface area contributed by atoms with Gasteiger partial charge in [-0.05, 0) is 37.1 Å². The number of rotatable bonds is 5. The van der Waals surface area contributed by atoms with Gasteiger partial charge in [0.15, 0.2) is 0 Å². The number of nitrogens with zero attached hydrogens (tertiary/aromatic N) is 1. The number of fused-ring (bicyclic) bond motifs is 1. The van der Waals surface area contributed by atoms with E-state index >= 15 is 0 Å². The van der Waals surface area contributed by atoms with Crippen molar-refractivity contribution in [1.82, 2.24) is 9.88 Å². The minimum absolute atomic E-state index is 0.0505. The van der Waals surface area contributed by atoms with Gasteiger partial charge in [-0.15, -0.1) is 0 Å². The number of hydrogen-bond acceptors (Lipinski definition) is 2. The zero-order chi connectivity index (χ0) is 15.5. The summed E-state index contributed by atoms with van der Waals surface area (Å²) < 4.78 is 5.38. The second-order valence-corrected chi connectivity index (χ2v) is 5.56. The van der Waals surface area contributed by atoms with Gasteiger partial charge in [-0.3, -0.25) is 4.79 Å². The number of carbonyl (C=O) groups excluding carboxylic acids is 1. The first-order valence-electron chi connectivity index (χ1n) is 7.51. The molecule has 1 unspecified atom stereocenters.